The third kappa shape index (κ3) is 3.47. The van der Waals surface area contributed by atoms with E-state index in [0.29, 0.717) is 3.12 Å². The Kier molecular flexibility index (Phi) is 6.31. The number of rotatable bonds is 2. The summed E-state index contributed by atoms with van der Waals surface area (Å²) in [5.41, 5.74) is 7.47. The SMILES string of the molecule is CC1=[C]([Zr][C]2(C)C=Cc3cc(C)cc(C)c32)CC=C1.Cl.Cl. The van der Waals surface area contributed by atoms with Gasteiger partial charge in [0, 0.05) is 0 Å². The summed E-state index contributed by atoms with van der Waals surface area (Å²) in [6.45, 7) is 9.22. The van der Waals surface area contributed by atoms with Gasteiger partial charge in [0.1, 0.15) is 0 Å². The van der Waals surface area contributed by atoms with Gasteiger partial charge in [0.25, 0.3) is 0 Å². The smallest absolute Gasteiger partial charge is 0.147 e. The van der Waals surface area contributed by atoms with Crippen LogP contribution in [0.25, 0.3) is 6.08 Å². The first-order valence-electron chi connectivity index (χ1n) is 6.95. The monoisotopic (exact) mass is 398 g/mol. The van der Waals surface area contributed by atoms with Crippen LogP contribution in [0.4, 0.5) is 0 Å². The van der Waals surface area contributed by atoms with Gasteiger partial charge in [-0.25, -0.2) is 0 Å². The molecule has 112 valence electrons. The van der Waals surface area contributed by atoms with E-state index in [9.17, 15) is 0 Å². The van der Waals surface area contributed by atoms with Crippen molar-refractivity contribution in [2.75, 3.05) is 0 Å². The molecule has 2 aliphatic rings. The van der Waals surface area contributed by atoms with Crippen LogP contribution in [0.5, 0.6) is 0 Å². The predicted octanol–water partition coefficient (Wildman–Crippen LogP) is 5.71. The number of allylic oxidation sites excluding steroid dienone is 5. The minimum absolute atomic E-state index is 0. The van der Waals surface area contributed by atoms with Crippen LogP contribution >= 0.6 is 24.8 Å². The quantitative estimate of drug-likeness (QED) is 0.597. The summed E-state index contributed by atoms with van der Waals surface area (Å²) in [6.07, 6.45) is 10.7. The zero-order valence-corrected chi connectivity index (χ0v) is 17.1. The molecule has 0 spiro atoms. The third-order valence-electron chi connectivity index (χ3n) is 4.20. The van der Waals surface area contributed by atoms with E-state index in [4.69, 9.17) is 0 Å². The van der Waals surface area contributed by atoms with Gasteiger partial charge in [-0.3, -0.25) is 0 Å². The molecule has 1 aromatic carbocycles. The van der Waals surface area contributed by atoms with Gasteiger partial charge in [0.15, 0.2) is 0 Å². The van der Waals surface area contributed by atoms with Crippen LogP contribution in [-0.4, -0.2) is 0 Å². The molecule has 3 rings (SSSR count). The van der Waals surface area contributed by atoms with Gasteiger partial charge in [-0.15, -0.1) is 24.8 Å². The van der Waals surface area contributed by atoms with E-state index >= 15 is 0 Å². The fraction of sp³-hybridized carbons (Fsp3) is 0.333. The molecule has 21 heavy (non-hydrogen) atoms. The molecule has 0 saturated heterocycles. The van der Waals surface area contributed by atoms with Gasteiger partial charge in [0.2, 0.25) is 0 Å². The van der Waals surface area contributed by atoms with E-state index in [1.807, 2.05) is 0 Å². The van der Waals surface area contributed by atoms with Crippen molar-refractivity contribution in [1.82, 2.24) is 0 Å². The zero-order chi connectivity index (χ0) is 13.6. The average molecular weight is 401 g/mol. The normalized spacial score (nSPS) is 21.9. The Bertz CT molecular complexity index is 641. The standard InChI is InChI=1S/C12H13.C6H7.2ClH.Zr/c1-8-6-10(3)12-9(2)4-5-11(12)7-8;1-6-4-2-3-5-6;;;/h4-7H,1-3H3;2,4H,3H2,1H3;2*1H;. The molecule has 0 fully saturated rings. The maximum atomic E-state index is 2.48. The number of aryl methyl sites for hydroxylation is 2. The van der Waals surface area contributed by atoms with E-state index < -0.39 is 23.2 Å². The van der Waals surface area contributed by atoms with E-state index in [2.05, 4.69) is 64.1 Å². The van der Waals surface area contributed by atoms with Gasteiger partial charge < -0.3 is 0 Å². The maximum Gasteiger partial charge on any atom is -0.147 e. The Labute approximate surface area is 152 Å². The van der Waals surface area contributed by atoms with Crippen molar-refractivity contribution in [3.05, 3.63) is 61.5 Å². The third-order valence-corrected chi connectivity index (χ3v) is 8.72. The van der Waals surface area contributed by atoms with Crippen LogP contribution in [0, 0.1) is 13.8 Å². The van der Waals surface area contributed by atoms with Gasteiger partial charge >= 0.3 is 128 Å². The molecule has 0 nitrogen and oxygen atoms in total. The Morgan fingerprint density at radius 1 is 1.05 bits per heavy atom. The Morgan fingerprint density at radius 3 is 2.38 bits per heavy atom. The summed E-state index contributed by atoms with van der Waals surface area (Å²) in [5, 5.41) is 0. The summed E-state index contributed by atoms with van der Waals surface area (Å²) in [5.74, 6) is 0. The van der Waals surface area contributed by atoms with Gasteiger partial charge in [0.05, 0.1) is 0 Å². The van der Waals surface area contributed by atoms with Crippen molar-refractivity contribution in [2.45, 2.75) is 37.2 Å². The van der Waals surface area contributed by atoms with Crippen molar-refractivity contribution in [3.8, 4) is 0 Å². The molecular weight excluding hydrogens is 378 g/mol. The van der Waals surface area contributed by atoms with E-state index in [1.54, 1.807) is 14.4 Å². The second-order valence-corrected chi connectivity index (χ2v) is 10.6. The molecule has 0 radical (unpaired) electrons. The molecule has 0 saturated carbocycles. The molecule has 0 amide bonds. The molecule has 1 atom stereocenters. The molecule has 2 aliphatic carbocycles. The first-order valence-corrected chi connectivity index (χ1v) is 9.41. The molecule has 0 aliphatic heterocycles. The second-order valence-electron chi connectivity index (χ2n) is 5.97. The van der Waals surface area contributed by atoms with Crippen molar-refractivity contribution in [3.63, 3.8) is 0 Å². The summed E-state index contributed by atoms with van der Waals surface area (Å²) in [4.78, 5) is 0. The maximum absolute atomic E-state index is 2.48. The number of fused-ring (bicyclic) bond motifs is 1. The van der Waals surface area contributed by atoms with Crippen LogP contribution < -0.4 is 0 Å². The average Bonchev–Trinajstić information content (AvgIpc) is 2.85. The van der Waals surface area contributed by atoms with Crippen molar-refractivity contribution in [1.29, 1.82) is 0 Å². The van der Waals surface area contributed by atoms with Crippen LogP contribution in [-0.2, 0) is 26.4 Å². The van der Waals surface area contributed by atoms with Crippen LogP contribution in [0.3, 0.4) is 0 Å². The summed E-state index contributed by atoms with van der Waals surface area (Å²) < 4.78 is 2.11. The van der Waals surface area contributed by atoms with Crippen LogP contribution in [0.1, 0.15) is 42.5 Å². The zero-order valence-electron chi connectivity index (χ0n) is 13.0. The van der Waals surface area contributed by atoms with Crippen molar-refractivity contribution >= 4 is 30.9 Å². The topological polar surface area (TPSA) is 0 Å². The fourth-order valence-corrected chi connectivity index (χ4v) is 7.69. The number of halogens is 2. The minimum atomic E-state index is -0.615. The Balaban J connectivity index is 0.00000110. The molecule has 0 heterocycles. The molecular formula is C18H22Cl2Zr. The summed E-state index contributed by atoms with van der Waals surface area (Å²) >= 11 is -0.615. The largest absolute Gasteiger partial charge is 0.147 e. The van der Waals surface area contributed by atoms with E-state index in [0.717, 1.165) is 0 Å². The molecule has 1 aromatic rings. The van der Waals surface area contributed by atoms with E-state index in [-0.39, 0.29) is 24.8 Å². The first kappa shape index (κ1) is 19.0. The summed E-state index contributed by atoms with van der Waals surface area (Å²) in [6, 6.07) is 4.69. The summed E-state index contributed by atoms with van der Waals surface area (Å²) in [7, 11) is 0. The first-order chi connectivity index (χ1) is 8.99. The Morgan fingerprint density at radius 2 is 1.76 bits per heavy atom. The molecule has 3 heteroatoms. The minimum Gasteiger partial charge on any atom is -0.147 e. The number of hydrogen-bond donors (Lipinski definition) is 0. The number of hydrogen-bond acceptors (Lipinski definition) is 0. The molecule has 1 unspecified atom stereocenters. The fourth-order valence-electron chi connectivity index (χ4n) is 3.36. The number of benzene rings is 1. The second kappa shape index (κ2) is 6.99. The van der Waals surface area contributed by atoms with Crippen molar-refractivity contribution < 1.29 is 23.2 Å². The predicted molar refractivity (Wildman–Crippen MR) is 93.3 cm³/mol. The van der Waals surface area contributed by atoms with E-state index in [1.165, 1.54) is 23.1 Å². The van der Waals surface area contributed by atoms with Gasteiger partial charge in [-0.2, -0.15) is 0 Å². The Hall–Kier alpha value is -0.0969. The molecule has 0 bridgehead atoms. The van der Waals surface area contributed by atoms with Crippen molar-refractivity contribution in [2.24, 2.45) is 0 Å². The molecule has 0 N–H and O–H groups in total. The van der Waals surface area contributed by atoms with Gasteiger partial charge in [-0.1, -0.05) is 0 Å². The van der Waals surface area contributed by atoms with Crippen LogP contribution in [0.2, 0.25) is 0 Å². The molecule has 0 aromatic heterocycles. The van der Waals surface area contributed by atoms with Gasteiger partial charge in [-0.05, 0) is 0 Å². The van der Waals surface area contributed by atoms with Crippen LogP contribution in [0.15, 0.2) is 39.2 Å².